The van der Waals surface area contributed by atoms with Crippen molar-refractivity contribution in [1.29, 1.82) is 0 Å². The van der Waals surface area contributed by atoms with Crippen molar-refractivity contribution in [2.75, 3.05) is 31.6 Å². The van der Waals surface area contributed by atoms with Crippen LogP contribution >= 0.6 is 0 Å². The Kier molecular flexibility index (Phi) is 4.60. The highest BCUT2D eigenvalue weighted by atomic mass is 16.1. The molecule has 2 rings (SSSR count). The van der Waals surface area contributed by atoms with E-state index in [1.165, 1.54) is 0 Å². The number of carbonyl (C=O) groups is 1. The molecular weight excluding hydrogens is 252 g/mol. The molecule has 0 bridgehead atoms. The van der Waals surface area contributed by atoms with Crippen LogP contribution in [0.5, 0.6) is 0 Å². The average molecular weight is 276 g/mol. The Morgan fingerprint density at radius 1 is 1.45 bits per heavy atom. The van der Waals surface area contributed by atoms with Crippen LogP contribution in [-0.2, 0) is 0 Å². The van der Waals surface area contributed by atoms with E-state index in [0.717, 1.165) is 31.6 Å². The Bertz CT molecular complexity index is 467. The summed E-state index contributed by atoms with van der Waals surface area (Å²) >= 11 is 0. The van der Waals surface area contributed by atoms with Crippen molar-refractivity contribution in [3.05, 3.63) is 24.0 Å². The van der Waals surface area contributed by atoms with E-state index in [1.807, 2.05) is 26.1 Å². The predicted molar refractivity (Wildman–Crippen MR) is 81.2 cm³/mol. The number of nitrogens with one attached hydrogen (secondary N) is 2. The highest BCUT2D eigenvalue weighted by Crippen LogP contribution is 2.25. The van der Waals surface area contributed by atoms with Crippen LogP contribution in [-0.4, -0.2) is 43.1 Å². The summed E-state index contributed by atoms with van der Waals surface area (Å²) in [7, 11) is 2.02. The molecular formula is C15H24N4O. The van der Waals surface area contributed by atoms with Crippen molar-refractivity contribution in [3.8, 4) is 0 Å². The van der Waals surface area contributed by atoms with Gasteiger partial charge in [0.25, 0.3) is 5.91 Å². The highest BCUT2D eigenvalue weighted by molar-refractivity contribution is 5.93. The smallest absolute Gasteiger partial charge is 0.269 e. The molecule has 1 amide bonds. The fourth-order valence-corrected chi connectivity index (χ4v) is 2.50. The van der Waals surface area contributed by atoms with Gasteiger partial charge in [0, 0.05) is 37.1 Å². The Labute approximate surface area is 120 Å². The third kappa shape index (κ3) is 3.28. The van der Waals surface area contributed by atoms with Gasteiger partial charge in [-0.2, -0.15) is 0 Å². The summed E-state index contributed by atoms with van der Waals surface area (Å²) in [6.07, 6.45) is 3.91. The first-order valence-corrected chi connectivity index (χ1v) is 7.26. The number of anilines is 1. The fourth-order valence-electron chi connectivity index (χ4n) is 2.50. The number of amides is 1. The molecule has 1 aliphatic heterocycles. The van der Waals surface area contributed by atoms with E-state index in [2.05, 4.69) is 27.4 Å². The summed E-state index contributed by atoms with van der Waals surface area (Å²) in [5, 5.41) is 6.18. The summed E-state index contributed by atoms with van der Waals surface area (Å²) in [6.45, 7) is 6.78. The Hall–Kier alpha value is -1.62. The van der Waals surface area contributed by atoms with Crippen LogP contribution in [0.3, 0.4) is 0 Å². The van der Waals surface area contributed by atoms with E-state index in [4.69, 9.17) is 0 Å². The molecule has 1 aromatic rings. The zero-order chi connectivity index (χ0) is 14.6. The topological polar surface area (TPSA) is 57.3 Å². The summed E-state index contributed by atoms with van der Waals surface area (Å²) in [5.74, 6) is -0.105. The molecule has 1 fully saturated rings. The standard InChI is InChI=1S/C15H24N4O/c1-4-17-14(20)13-11-12(5-8-18-13)19-9-6-15(2,16-3)7-10-19/h5,8,11,16H,4,6-7,9-10H2,1-3H3,(H,17,20). The summed E-state index contributed by atoms with van der Waals surface area (Å²) in [5.41, 5.74) is 1.80. The number of nitrogens with zero attached hydrogens (tertiary/aromatic N) is 2. The first kappa shape index (κ1) is 14.8. The molecule has 0 saturated carbocycles. The van der Waals surface area contributed by atoms with Gasteiger partial charge in [0.15, 0.2) is 0 Å². The van der Waals surface area contributed by atoms with E-state index in [9.17, 15) is 4.79 Å². The van der Waals surface area contributed by atoms with Crippen molar-refractivity contribution in [1.82, 2.24) is 15.6 Å². The van der Waals surface area contributed by atoms with Crippen LogP contribution in [0.15, 0.2) is 18.3 Å². The number of aromatic nitrogens is 1. The normalized spacial score (nSPS) is 17.9. The molecule has 5 heteroatoms. The first-order chi connectivity index (χ1) is 9.58. The van der Waals surface area contributed by atoms with Crippen molar-refractivity contribution in [2.24, 2.45) is 0 Å². The number of rotatable bonds is 4. The number of piperidine rings is 1. The largest absolute Gasteiger partial charge is 0.371 e. The molecule has 0 atom stereocenters. The molecule has 20 heavy (non-hydrogen) atoms. The number of hydrogen-bond donors (Lipinski definition) is 2. The first-order valence-electron chi connectivity index (χ1n) is 7.26. The second-order valence-corrected chi connectivity index (χ2v) is 5.56. The molecule has 2 heterocycles. The molecule has 0 unspecified atom stereocenters. The van der Waals surface area contributed by atoms with Gasteiger partial charge in [-0.25, -0.2) is 0 Å². The van der Waals surface area contributed by atoms with Crippen LogP contribution < -0.4 is 15.5 Å². The summed E-state index contributed by atoms with van der Waals surface area (Å²) in [6, 6.07) is 3.86. The maximum Gasteiger partial charge on any atom is 0.269 e. The van der Waals surface area contributed by atoms with Gasteiger partial charge in [0.1, 0.15) is 5.69 Å². The van der Waals surface area contributed by atoms with Crippen LogP contribution in [0.25, 0.3) is 0 Å². The van der Waals surface area contributed by atoms with Gasteiger partial charge >= 0.3 is 0 Å². The van der Waals surface area contributed by atoms with Gasteiger partial charge in [-0.1, -0.05) is 0 Å². The van der Waals surface area contributed by atoms with Gasteiger partial charge in [-0.05, 0) is 45.9 Å². The Balaban J connectivity index is 2.07. The average Bonchev–Trinajstić information content (AvgIpc) is 2.48. The minimum atomic E-state index is -0.105. The van der Waals surface area contributed by atoms with Crippen molar-refractivity contribution < 1.29 is 4.79 Å². The fraction of sp³-hybridized carbons (Fsp3) is 0.600. The van der Waals surface area contributed by atoms with E-state index < -0.39 is 0 Å². The van der Waals surface area contributed by atoms with Crippen LogP contribution in [0.1, 0.15) is 37.2 Å². The van der Waals surface area contributed by atoms with Crippen LogP contribution in [0.2, 0.25) is 0 Å². The zero-order valence-electron chi connectivity index (χ0n) is 12.6. The monoisotopic (exact) mass is 276 g/mol. The summed E-state index contributed by atoms with van der Waals surface area (Å²) in [4.78, 5) is 18.3. The Morgan fingerprint density at radius 3 is 2.75 bits per heavy atom. The Morgan fingerprint density at radius 2 is 2.15 bits per heavy atom. The molecule has 110 valence electrons. The highest BCUT2D eigenvalue weighted by Gasteiger charge is 2.28. The molecule has 1 aromatic heterocycles. The van der Waals surface area contributed by atoms with Crippen LogP contribution in [0, 0.1) is 0 Å². The molecule has 0 spiro atoms. The molecule has 1 saturated heterocycles. The minimum absolute atomic E-state index is 0.105. The lowest BCUT2D eigenvalue weighted by atomic mass is 9.90. The van der Waals surface area contributed by atoms with Gasteiger partial charge in [0.05, 0.1) is 0 Å². The van der Waals surface area contributed by atoms with E-state index >= 15 is 0 Å². The second-order valence-electron chi connectivity index (χ2n) is 5.56. The van der Waals surface area contributed by atoms with Crippen molar-refractivity contribution in [3.63, 3.8) is 0 Å². The van der Waals surface area contributed by atoms with E-state index in [1.54, 1.807) is 6.20 Å². The van der Waals surface area contributed by atoms with Gasteiger partial charge < -0.3 is 15.5 Å². The number of hydrogen-bond acceptors (Lipinski definition) is 4. The van der Waals surface area contributed by atoms with Crippen LogP contribution in [0.4, 0.5) is 5.69 Å². The zero-order valence-corrected chi connectivity index (χ0v) is 12.6. The molecule has 2 N–H and O–H groups in total. The predicted octanol–water partition coefficient (Wildman–Crippen LogP) is 1.41. The third-order valence-electron chi connectivity index (χ3n) is 4.15. The molecule has 0 radical (unpaired) electrons. The SMILES string of the molecule is CCNC(=O)c1cc(N2CCC(C)(NC)CC2)ccn1. The molecule has 5 nitrogen and oxygen atoms in total. The number of carbonyl (C=O) groups excluding carboxylic acids is 1. The lowest BCUT2D eigenvalue weighted by Crippen LogP contribution is -2.50. The third-order valence-corrected chi connectivity index (χ3v) is 4.15. The van der Waals surface area contributed by atoms with Gasteiger partial charge in [-0.15, -0.1) is 0 Å². The van der Waals surface area contributed by atoms with E-state index in [-0.39, 0.29) is 11.4 Å². The van der Waals surface area contributed by atoms with E-state index in [0.29, 0.717) is 12.2 Å². The molecule has 0 aliphatic carbocycles. The molecule has 0 aromatic carbocycles. The summed E-state index contributed by atoms with van der Waals surface area (Å²) < 4.78 is 0. The minimum Gasteiger partial charge on any atom is -0.371 e. The second kappa shape index (κ2) is 6.22. The lowest BCUT2D eigenvalue weighted by Gasteiger charge is -2.40. The van der Waals surface area contributed by atoms with Gasteiger partial charge in [-0.3, -0.25) is 9.78 Å². The maximum absolute atomic E-state index is 11.8. The van der Waals surface area contributed by atoms with Crippen molar-refractivity contribution in [2.45, 2.75) is 32.2 Å². The maximum atomic E-state index is 11.8. The van der Waals surface area contributed by atoms with Crippen molar-refractivity contribution >= 4 is 11.6 Å². The quantitative estimate of drug-likeness (QED) is 0.873. The molecule has 1 aliphatic rings. The number of pyridine rings is 1. The van der Waals surface area contributed by atoms with Gasteiger partial charge in [0.2, 0.25) is 0 Å². The lowest BCUT2D eigenvalue weighted by molar-refractivity contribution is 0.0951.